The van der Waals surface area contributed by atoms with Crippen LogP contribution in [0.15, 0.2) is 36.9 Å². The molecule has 0 unspecified atom stereocenters. The van der Waals surface area contributed by atoms with E-state index in [1.807, 2.05) is 22.9 Å². The van der Waals surface area contributed by atoms with Gasteiger partial charge in [-0.2, -0.15) is 0 Å². The lowest BCUT2D eigenvalue weighted by Crippen LogP contribution is -2.43. The first-order chi connectivity index (χ1) is 13.6. The van der Waals surface area contributed by atoms with Gasteiger partial charge in [-0.3, -0.25) is 4.79 Å². The second-order valence-corrected chi connectivity index (χ2v) is 7.46. The van der Waals surface area contributed by atoms with Gasteiger partial charge in [-0.25, -0.2) is 13.8 Å². The summed E-state index contributed by atoms with van der Waals surface area (Å²) in [5.41, 5.74) is 3.72. The highest BCUT2D eigenvalue weighted by molar-refractivity contribution is 5.98. The number of rotatable bonds is 6. The number of benzene rings is 1. The number of alkyl halides is 2. The first-order valence-electron chi connectivity index (χ1n) is 9.74. The van der Waals surface area contributed by atoms with Crippen molar-refractivity contribution in [3.05, 3.63) is 53.6 Å². The standard InChI is InChI=1S/C21H24F2N4O/c22-20(23)12-25-15-4-6-16(7-5-15)26-21(28)19-11-17(27-9-8-24-13-27)10-14-2-1-3-18(14)19/h1-2,8-11,13,15-16,20,25H,3-7,12H2,(H,26,28). The molecule has 0 saturated heterocycles. The summed E-state index contributed by atoms with van der Waals surface area (Å²) >= 11 is 0. The van der Waals surface area contributed by atoms with Crippen molar-refractivity contribution in [3.8, 4) is 5.69 Å². The zero-order chi connectivity index (χ0) is 19.5. The van der Waals surface area contributed by atoms with Gasteiger partial charge in [0.25, 0.3) is 12.3 Å². The first kappa shape index (κ1) is 18.8. The maximum Gasteiger partial charge on any atom is 0.251 e. The molecule has 5 nitrogen and oxygen atoms in total. The van der Waals surface area contributed by atoms with Crippen LogP contribution < -0.4 is 10.6 Å². The van der Waals surface area contributed by atoms with Crippen LogP contribution in [0.4, 0.5) is 8.78 Å². The van der Waals surface area contributed by atoms with Crippen molar-refractivity contribution in [2.45, 2.75) is 50.6 Å². The van der Waals surface area contributed by atoms with Crippen molar-refractivity contribution in [2.75, 3.05) is 6.54 Å². The van der Waals surface area contributed by atoms with Gasteiger partial charge in [0.1, 0.15) is 0 Å². The Bertz CT molecular complexity index is 856. The summed E-state index contributed by atoms with van der Waals surface area (Å²) in [5, 5.41) is 6.06. The van der Waals surface area contributed by atoms with Crippen LogP contribution in [0.25, 0.3) is 11.8 Å². The van der Waals surface area contributed by atoms with E-state index in [9.17, 15) is 13.6 Å². The molecule has 1 saturated carbocycles. The number of nitrogens with zero attached hydrogens (tertiary/aromatic N) is 2. The van der Waals surface area contributed by atoms with Gasteiger partial charge < -0.3 is 15.2 Å². The molecule has 148 valence electrons. The SMILES string of the molecule is O=C(NC1CCC(NCC(F)F)CC1)c1cc(-n2ccnc2)cc2c1CC=C2. The molecule has 7 heteroatoms. The number of nitrogens with one attached hydrogen (secondary N) is 2. The Morgan fingerprint density at radius 1 is 1.21 bits per heavy atom. The van der Waals surface area contributed by atoms with E-state index in [0.29, 0.717) is 5.56 Å². The highest BCUT2D eigenvalue weighted by atomic mass is 19.3. The van der Waals surface area contributed by atoms with Gasteiger partial charge in [-0.05, 0) is 55.4 Å². The number of carbonyl (C=O) groups excluding carboxylic acids is 1. The topological polar surface area (TPSA) is 59.0 Å². The van der Waals surface area contributed by atoms with E-state index in [4.69, 9.17) is 0 Å². The minimum atomic E-state index is -2.32. The predicted molar refractivity (Wildman–Crippen MR) is 104 cm³/mol. The van der Waals surface area contributed by atoms with Crippen LogP contribution in [0.3, 0.4) is 0 Å². The Balaban J connectivity index is 1.43. The number of carbonyl (C=O) groups is 1. The van der Waals surface area contributed by atoms with E-state index in [1.165, 1.54) is 0 Å². The number of imidazole rings is 1. The third kappa shape index (κ3) is 4.14. The van der Waals surface area contributed by atoms with E-state index in [2.05, 4.69) is 27.8 Å². The normalized spacial score (nSPS) is 21.1. The first-order valence-corrected chi connectivity index (χ1v) is 9.74. The summed E-state index contributed by atoms with van der Waals surface area (Å²) in [6, 6.07) is 4.18. The summed E-state index contributed by atoms with van der Waals surface area (Å²) < 4.78 is 26.6. The summed E-state index contributed by atoms with van der Waals surface area (Å²) in [7, 11) is 0. The fourth-order valence-electron chi connectivity index (χ4n) is 4.08. The Morgan fingerprint density at radius 3 is 2.71 bits per heavy atom. The molecule has 28 heavy (non-hydrogen) atoms. The van der Waals surface area contributed by atoms with E-state index in [0.717, 1.165) is 48.9 Å². The van der Waals surface area contributed by atoms with Crippen molar-refractivity contribution in [3.63, 3.8) is 0 Å². The van der Waals surface area contributed by atoms with Crippen molar-refractivity contribution in [1.82, 2.24) is 20.2 Å². The molecule has 2 N–H and O–H groups in total. The number of hydrogen-bond donors (Lipinski definition) is 2. The van der Waals surface area contributed by atoms with Crippen LogP contribution in [-0.4, -0.2) is 40.5 Å². The van der Waals surface area contributed by atoms with Crippen LogP contribution in [0.2, 0.25) is 0 Å². The zero-order valence-corrected chi connectivity index (χ0v) is 15.6. The Labute approximate surface area is 162 Å². The molecule has 0 spiro atoms. The minimum Gasteiger partial charge on any atom is -0.349 e. The third-order valence-electron chi connectivity index (χ3n) is 5.56. The van der Waals surface area contributed by atoms with Crippen molar-refractivity contribution in [1.29, 1.82) is 0 Å². The summed E-state index contributed by atoms with van der Waals surface area (Å²) in [6.07, 6.45) is 11.0. The van der Waals surface area contributed by atoms with Crippen molar-refractivity contribution >= 4 is 12.0 Å². The van der Waals surface area contributed by atoms with Crippen LogP contribution in [0.1, 0.15) is 47.2 Å². The van der Waals surface area contributed by atoms with Gasteiger partial charge in [-0.15, -0.1) is 0 Å². The number of allylic oxidation sites excluding steroid dienone is 1. The smallest absolute Gasteiger partial charge is 0.251 e. The van der Waals surface area contributed by atoms with Gasteiger partial charge in [-0.1, -0.05) is 12.2 Å². The number of hydrogen-bond acceptors (Lipinski definition) is 3. The average molecular weight is 386 g/mol. The zero-order valence-electron chi connectivity index (χ0n) is 15.6. The van der Waals surface area contributed by atoms with Gasteiger partial charge in [0.05, 0.1) is 12.9 Å². The summed E-state index contributed by atoms with van der Waals surface area (Å²) in [4.78, 5) is 17.1. The molecule has 1 fully saturated rings. The molecule has 1 amide bonds. The highest BCUT2D eigenvalue weighted by Crippen LogP contribution is 2.28. The molecule has 0 atom stereocenters. The number of aromatic nitrogens is 2. The lowest BCUT2D eigenvalue weighted by Gasteiger charge is -2.30. The maximum absolute atomic E-state index is 13.0. The highest BCUT2D eigenvalue weighted by Gasteiger charge is 2.25. The largest absolute Gasteiger partial charge is 0.349 e. The third-order valence-corrected chi connectivity index (χ3v) is 5.56. The molecule has 2 aromatic rings. The molecule has 1 aromatic carbocycles. The van der Waals surface area contributed by atoms with Crippen molar-refractivity contribution < 1.29 is 13.6 Å². The fraction of sp³-hybridized carbons (Fsp3) is 0.429. The molecule has 1 heterocycles. The number of amides is 1. The summed E-state index contributed by atoms with van der Waals surface area (Å²) in [6.45, 7) is -0.262. The Kier molecular flexibility index (Phi) is 5.52. The van der Waals surface area contributed by atoms with Crippen LogP contribution in [0, 0.1) is 0 Å². The lowest BCUT2D eigenvalue weighted by molar-refractivity contribution is 0.0921. The molecule has 4 rings (SSSR count). The molecule has 1 aromatic heterocycles. The van der Waals surface area contributed by atoms with E-state index >= 15 is 0 Å². The van der Waals surface area contributed by atoms with Crippen molar-refractivity contribution in [2.24, 2.45) is 0 Å². The number of fused-ring (bicyclic) bond motifs is 1. The van der Waals surface area contributed by atoms with Gasteiger partial charge in [0.15, 0.2) is 0 Å². The fourth-order valence-corrected chi connectivity index (χ4v) is 4.08. The molecule has 0 aliphatic heterocycles. The quantitative estimate of drug-likeness (QED) is 0.801. The molecule has 2 aliphatic carbocycles. The predicted octanol–water partition coefficient (Wildman–Crippen LogP) is 3.34. The van der Waals surface area contributed by atoms with E-state index in [1.54, 1.807) is 12.5 Å². The molecule has 0 bridgehead atoms. The van der Waals surface area contributed by atoms with Gasteiger partial charge in [0, 0.05) is 35.7 Å². The molecule has 2 aliphatic rings. The second kappa shape index (κ2) is 8.22. The average Bonchev–Trinajstić information content (AvgIpc) is 3.38. The maximum atomic E-state index is 13.0. The Hall–Kier alpha value is -2.54. The summed E-state index contributed by atoms with van der Waals surface area (Å²) in [5.74, 6) is -0.0640. The minimum absolute atomic E-state index is 0.0640. The van der Waals surface area contributed by atoms with Gasteiger partial charge in [0.2, 0.25) is 0 Å². The van der Waals surface area contributed by atoms with E-state index < -0.39 is 6.43 Å². The van der Waals surface area contributed by atoms with Crippen LogP contribution >= 0.6 is 0 Å². The monoisotopic (exact) mass is 386 g/mol. The molecular weight excluding hydrogens is 362 g/mol. The molecule has 0 radical (unpaired) electrons. The lowest BCUT2D eigenvalue weighted by atomic mass is 9.90. The van der Waals surface area contributed by atoms with E-state index in [-0.39, 0.29) is 24.5 Å². The van der Waals surface area contributed by atoms with Crippen LogP contribution in [-0.2, 0) is 6.42 Å². The Morgan fingerprint density at radius 2 is 2.00 bits per heavy atom. The van der Waals surface area contributed by atoms with Gasteiger partial charge >= 0.3 is 0 Å². The molecular formula is C21H24F2N4O. The second-order valence-electron chi connectivity index (χ2n) is 7.46. The number of halogens is 2. The van der Waals surface area contributed by atoms with Crippen LogP contribution in [0.5, 0.6) is 0 Å².